The number of carbonyl (C=O) groups is 1. The molecular formula is C13H19NO2. The van der Waals surface area contributed by atoms with Gasteiger partial charge in [-0.25, -0.2) is 0 Å². The summed E-state index contributed by atoms with van der Waals surface area (Å²) in [6.07, 6.45) is 0. The molecule has 0 aromatic heterocycles. The topological polar surface area (TPSA) is 40.5 Å². The van der Waals surface area contributed by atoms with Crippen LogP contribution in [0.15, 0.2) is 30.3 Å². The highest BCUT2D eigenvalue weighted by molar-refractivity contribution is 5.79. The van der Waals surface area contributed by atoms with Crippen LogP contribution < -0.4 is 0 Å². The van der Waals surface area contributed by atoms with Gasteiger partial charge in [0.05, 0.1) is 11.5 Å². The molecule has 0 bridgehead atoms. The number of rotatable bonds is 3. The molecule has 0 aliphatic carbocycles. The van der Waals surface area contributed by atoms with Gasteiger partial charge in [-0.2, -0.15) is 0 Å². The lowest BCUT2D eigenvalue weighted by atomic mass is 9.83. The molecule has 0 spiro atoms. The molecule has 1 amide bonds. The third-order valence-corrected chi connectivity index (χ3v) is 3.01. The number of hydrogen-bond donors (Lipinski definition) is 1. The molecule has 1 aromatic rings. The molecule has 3 heteroatoms. The summed E-state index contributed by atoms with van der Waals surface area (Å²) in [5, 5.41) is 10.4. The molecule has 0 radical (unpaired) electrons. The van der Waals surface area contributed by atoms with E-state index in [1.807, 2.05) is 30.3 Å². The zero-order valence-electron chi connectivity index (χ0n) is 10.3. The maximum atomic E-state index is 11.8. The molecule has 1 aromatic carbocycles. The molecule has 1 N–H and O–H groups in total. The van der Waals surface area contributed by atoms with E-state index < -0.39 is 11.5 Å². The minimum absolute atomic E-state index is 0.0751. The van der Waals surface area contributed by atoms with Gasteiger partial charge in [0.15, 0.2) is 0 Å². The van der Waals surface area contributed by atoms with E-state index in [-0.39, 0.29) is 5.91 Å². The normalized spacial score (nSPS) is 16.3. The van der Waals surface area contributed by atoms with E-state index in [1.54, 1.807) is 27.9 Å². The Morgan fingerprint density at radius 1 is 1.31 bits per heavy atom. The van der Waals surface area contributed by atoms with Gasteiger partial charge in [-0.1, -0.05) is 37.3 Å². The Morgan fingerprint density at radius 3 is 2.25 bits per heavy atom. The molecule has 88 valence electrons. The van der Waals surface area contributed by atoms with Crippen molar-refractivity contribution in [3.63, 3.8) is 0 Å². The minimum atomic E-state index is -1.14. The van der Waals surface area contributed by atoms with E-state index in [4.69, 9.17) is 0 Å². The van der Waals surface area contributed by atoms with Crippen molar-refractivity contribution in [1.82, 2.24) is 4.90 Å². The number of nitrogens with zero attached hydrogens (tertiary/aromatic N) is 1. The molecule has 0 aliphatic heterocycles. The summed E-state index contributed by atoms with van der Waals surface area (Å²) in [6.45, 7) is 3.42. The molecular weight excluding hydrogens is 202 g/mol. The molecule has 3 nitrogen and oxygen atoms in total. The van der Waals surface area contributed by atoms with Crippen LogP contribution in [0.1, 0.15) is 19.4 Å². The minimum Gasteiger partial charge on any atom is -0.385 e. The zero-order valence-corrected chi connectivity index (χ0v) is 10.3. The van der Waals surface area contributed by atoms with Gasteiger partial charge in [0.2, 0.25) is 5.91 Å². The summed E-state index contributed by atoms with van der Waals surface area (Å²) < 4.78 is 0. The van der Waals surface area contributed by atoms with Crippen LogP contribution in [0.3, 0.4) is 0 Å². The molecule has 1 rings (SSSR count). The number of hydrogen-bond acceptors (Lipinski definition) is 2. The Hall–Kier alpha value is -1.35. The number of carbonyl (C=O) groups excluding carboxylic acids is 1. The molecule has 0 aliphatic rings. The first-order chi connectivity index (χ1) is 7.37. The molecule has 16 heavy (non-hydrogen) atoms. The second-order valence-corrected chi connectivity index (χ2v) is 4.47. The van der Waals surface area contributed by atoms with E-state index >= 15 is 0 Å². The van der Waals surface area contributed by atoms with Gasteiger partial charge in [0.25, 0.3) is 0 Å². The average Bonchev–Trinajstić information content (AvgIpc) is 2.28. The van der Waals surface area contributed by atoms with Crippen LogP contribution in [-0.2, 0) is 10.4 Å². The highest BCUT2D eigenvalue weighted by Crippen LogP contribution is 2.29. The van der Waals surface area contributed by atoms with Crippen LogP contribution in [0.5, 0.6) is 0 Å². The summed E-state index contributed by atoms with van der Waals surface area (Å²) in [4.78, 5) is 13.3. The van der Waals surface area contributed by atoms with Crippen molar-refractivity contribution in [3.8, 4) is 0 Å². The number of amides is 1. The van der Waals surface area contributed by atoms with Crippen LogP contribution in [0, 0.1) is 5.92 Å². The summed E-state index contributed by atoms with van der Waals surface area (Å²) in [6, 6.07) is 9.27. The van der Waals surface area contributed by atoms with Crippen molar-refractivity contribution >= 4 is 5.91 Å². The SMILES string of the molecule is C[C@@H](C(=O)N(C)C)[C@@](C)(O)c1ccccc1. The second kappa shape index (κ2) is 4.66. The van der Waals surface area contributed by atoms with Crippen molar-refractivity contribution in [3.05, 3.63) is 35.9 Å². The standard InChI is InChI=1S/C13H19NO2/c1-10(12(15)14(3)4)13(2,16)11-8-6-5-7-9-11/h5-10,16H,1-4H3/t10-,13+/m0/s1. The fourth-order valence-corrected chi connectivity index (χ4v) is 1.65. The van der Waals surface area contributed by atoms with E-state index in [0.29, 0.717) is 0 Å². The second-order valence-electron chi connectivity index (χ2n) is 4.47. The Bertz CT molecular complexity index is 357. The number of aliphatic hydroxyl groups is 1. The van der Waals surface area contributed by atoms with Crippen LogP contribution in [0.25, 0.3) is 0 Å². The Morgan fingerprint density at radius 2 is 1.81 bits per heavy atom. The fourth-order valence-electron chi connectivity index (χ4n) is 1.65. The Kier molecular flexibility index (Phi) is 3.70. The maximum absolute atomic E-state index is 11.8. The van der Waals surface area contributed by atoms with Gasteiger partial charge in [0, 0.05) is 14.1 Å². The van der Waals surface area contributed by atoms with Crippen molar-refractivity contribution in [1.29, 1.82) is 0 Å². The summed E-state index contributed by atoms with van der Waals surface area (Å²) in [5.74, 6) is -0.543. The highest BCUT2D eigenvalue weighted by atomic mass is 16.3. The summed E-state index contributed by atoms with van der Waals surface area (Å²) >= 11 is 0. The predicted octanol–water partition coefficient (Wildman–Crippen LogP) is 1.62. The van der Waals surface area contributed by atoms with Crippen molar-refractivity contribution in [2.45, 2.75) is 19.4 Å². The third-order valence-electron chi connectivity index (χ3n) is 3.01. The molecule has 0 unspecified atom stereocenters. The molecule has 0 saturated heterocycles. The largest absolute Gasteiger partial charge is 0.385 e. The molecule has 0 fully saturated rings. The highest BCUT2D eigenvalue weighted by Gasteiger charge is 2.35. The maximum Gasteiger partial charge on any atom is 0.228 e. The smallest absolute Gasteiger partial charge is 0.228 e. The van der Waals surface area contributed by atoms with E-state index in [9.17, 15) is 9.90 Å². The zero-order chi connectivity index (χ0) is 12.3. The first kappa shape index (κ1) is 12.7. The van der Waals surface area contributed by atoms with Gasteiger partial charge >= 0.3 is 0 Å². The van der Waals surface area contributed by atoms with Crippen LogP contribution >= 0.6 is 0 Å². The predicted molar refractivity (Wildman–Crippen MR) is 63.9 cm³/mol. The monoisotopic (exact) mass is 221 g/mol. The van der Waals surface area contributed by atoms with Gasteiger partial charge in [-0.15, -0.1) is 0 Å². The number of benzene rings is 1. The lowest BCUT2D eigenvalue weighted by molar-refractivity contribution is -0.141. The van der Waals surface area contributed by atoms with Crippen molar-refractivity contribution < 1.29 is 9.90 Å². The van der Waals surface area contributed by atoms with Gasteiger partial charge in [-0.3, -0.25) is 4.79 Å². The van der Waals surface area contributed by atoms with Crippen LogP contribution in [0.2, 0.25) is 0 Å². The first-order valence-electron chi connectivity index (χ1n) is 5.36. The van der Waals surface area contributed by atoms with Crippen molar-refractivity contribution in [2.75, 3.05) is 14.1 Å². The fraction of sp³-hybridized carbons (Fsp3) is 0.462. The lowest BCUT2D eigenvalue weighted by Gasteiger charge is -2.31. The van der Waals surface area contributed by atoms with Crippen LogP contribution in [0.4, 0.5) is 0 Å². The lowest BCUT2D eigenvalue weighted by Crippen LogP contribution is -2.41. The molecule has 0 heterocycles. The summed E-state index contributed by atoms with van der Waals surface area (Å²) in [7, 11) is 3.39. The van der Waals surface area contributed by atoms with Gasteiger partial charge in [-0.05, 0) is 12.5 Å². The van der Waals surface area contributed by atoms with Crippen molar-refractivity contribution in [2.24, 2.45) is 5.92 Å². The quantitative estimate of drug-likeness (QED) is 0.842. The van der Waals surface area contributed by atoms with Gasteiger partial charge < -0.3 is 10.0 Å². The molecule has 2 atom stereocenters. The molecule has 0 saturated carbocycles. The Balaban J connectivity index is 2.98. The van der Waals surface area contributed by atoms with E-state index in [2.05, 4.69) is 0 Å². The van der Waals surface area contributed by atoms with Crippen LogP contribution in [-0.4, -0.2) is 30.0 Å². The van der Waals surface area contributed by atoms with Gasteiger partial charge in [0.1, 0.15) is 0 Å². The third kappa shape index (κ3) is 2.42. The Labute approximate surface area is 96.7 Å². The summed E-state index contributed by atoms with van der Waals surface area (Å²) in [5.41, 5.74) is -0.375. The average molecular weight is 221 g/mol. The van der Waals surface area contributed by atoms with E-state index in [0.717, 1.165) is 5.56 Å². The van der Waals surface area contributed by atoms with E-state index in [1.165, 1.54) is 4.90 Å². The first-order valence-corrected chi connectivity index (χ1v) is 5.36.